The van der Waals surface area contributed by atoms with Crippen LogP contribution in [0.4, 0.5) is 8.78 Å². The van der Waals surface area contributed by atoms with Crippen molar-refractivity contribution < 1.29 is 13.5 Å². The topological polar surface area (TPSA) is 21.3 Å². The number of benzene rings is 1. The Labute approximate surface area is 88.3 Å². The molecular formula is C11H15F2NO. The molecule has 2 nitrogen and oxygen atoms in total. The fraction of sp³-hybridized carbons (Fsp3) is 0.455. The second kappa shape index (κ2) is 5.78. The van der Waals surface area contributed by atoms with Gasteiger partial charge in [0.05, 0.1) is 12.7 Å². The van der Waals surface area contributed by atoms with E-state index in [4.69, 9.17) is 4.74 Å². The Morgan fingerprint density at radius 2 is 2.13 bits per heavy atom. The highest BCUT2D eigenvalue weighted by Gasteiger charge is 2.08. The van der Waals surface area contributed by atoms with Crippen LogP contribution in [0.3, 0.4) is 0 Å². The van der Waals surface area contributed by atoms with Crippen molar-refractivity contribution in [3.63, 3.8) is 0 Å². The first-order chi connectivity index (χ1) is 7.15. The molecule has 1 aromatic carbocycles. The highest BCUT2D eigenvalue weighted by atomic mass is 19.2. The molecule has 1 unspecified atom stereocenters. The Hall–Kier alpha value is -1.00. The lowest BCUT2D eigenvalue weighted by atomic mass is 10.2. The van der Waals surface area contributed by atoms with Crippen LogP contribution in [0.1, 0.15) is 12.5 Å². The number of ether oxygens (including phenoxy) is 1. The van der Waals surface area contributed by atoms with Crippen molar-refractivity contribution in [3.05, 3.63) is 35.4 Å². The van der Waals surface area contributed by atoms with Gasteiger partial charge in [-0.25, -0.2) is 8.78 Å². The van der Waals surface area contributed by atoms with Gasteiger partial charge < -0.3 is 10.1 Å². The van der Waals surface area contributed by atoms with Crippen molar-refractivity contribution in [2.45, 2.75) is 19.6 Å². The van der Waals surface area contributed by atoms with E-state index < -0.39 is 11.6 Å². The molecule has 0 aromatic heterocycles. The zero-order chi connectivity index (χ0) is 11.3. The van der Waals surface area contributed by atoms with Crippen LogP contribution in [0.2, 0.25) is 0 Å². The summed E-state index contributed by atoms with van der Waals surface area (Å²) in [7, 11) is 1.81. The third kappa shape index (κ3) is 3.57. The van der Waals surface area contributed by atoms with E-state index >= 15 is 0 Å². The number of hydrogen-bond acceptors (Lipinski definition) is 2. The Morgan fingerprint density at radius 1 is 1.40 bits per heavy atom. The number of hydrogen-bond donors (Lipinski definition) is 1. The maximum atomic E-state index is 13.2. The summed E-state index contributed by atoms with van der Waals surface area (Å²) in [6, 6.07) is 4.08. The van der Waals surface area contributed by atoms with E-state index in [-0.39, 0.29) is 18.3 Å². The lowest BCUT2D eigenvalue weighted by Gasteiger charge is -2.12. The van der Waals surface area contributed by atoms with Gasteiger partial charge in [0, 0.05) is 12.1 Å². The number of nitrogens with one attached hydrogen (secondary N) is 1. The first kappa shape index (κ1) is 12.1. The summed E-state index contributed by atoms with van der Waals surface area (Å²) in [5, 5.41) is 2.94. The van der Waals surface area contributed by atoms with Crippen molar-refractivity contribution in [1.82, 2.24) is 5.32 Å². The van der Waals surface area contributed by atoms with Gasteiger partial charge in [0.1, 0.15) is 0 Å². The Balaban J connectivity index is 2.54. The predicted molar refractivity (Wildman–Crippen MR) is 54.5 cm³/mol. The predicted octanol–water partition coefficient (Wildman–Crippen LogP) is 2.09. The zero-order valence-electron chi connectivity index (χ0n) is 8.89. The molecule has 0 aliphatic rings. The largest absolute Gasteiger partial charge is 0.372 e. The van der Waals surface area contributed by atoms with Crippen LogP contribution in [0.25, 0.3) is 0 Å². The number of rotatable bonds is 5. The van der Waals surface area contributed by atoms with E-state index in [1.165, 1.54) is 12.1 Å². The van der Waals surface area contributed by atoms with Crippen LogP contribution in [0.5, 0.6) is 0 Å². The van der Waals surface area contributed by atoms with Crippen molar-refractivity contribution >= 4 is 0 Å². The molecule has 1 atom stereocenters. The van der Waals surface area contributed by atoms with Gasteiger partial charge in [-0.1, -0.05) is 12.1 Å². The second-order valence-electron chi connectivity index (χ2n) is 3.39. The Bertz CT molecular complexity index is 317. The van der Waals surface area contributed by atoms with Gasteiger partial charge >= 0.3 is 0 Å². The second-order valence-corrected chi connectivity index (χ2v) is 3.39. The average molecular weight is 215 g/mol. The average Bonchev–Trinajstić information content (AvgIpc) is 2.21. The molecular weight excluding hydrogens is 200 g/mol. The van der Waals surface area contributed by atoms with Crippen LogP contribution in [-0.2, 0) is 11.3 Å². The third-order valence-corrected chi connectivity index (χ3v) is 2.05. The molecule has 84 valence electrons. The van der Waals surface area contributed by atoms with Gasteiger partial charge in [-0.05, 0) is 20.0 Å². The van der Waals surface area contributed by atoms with E-state index in [0.717, 1.165) is 6.07 Å². The SMILES string of the molecule is CNCC(C)OCc1cccc(F)c1F. The molecule has 0 fully saturated rings. The molecule has 1 aromatic rings. The lowest BCUT2D eigenvalue weighted by molar-refractivity contribution is 0.0525. The van der Waals surface area contributed by atoms with Crippen molar-refractivity contribution in [2.75, 3.05) is 13.6 Å². The van der Waals surface area contributed by atoms with E-state index in [9.17, 15) is 8.78 Å². The van der Waals surface area contributed by atoms with Crippen LogP contribution in [0.15, 0.2) is 18.2 Å². The summed E-state index contributed by atoms with van der Waals surface area (Å²) in [5.41, 5.74) is 0.248. The van der Waals surface area contributed by atoms with E-state index in [2.05, 4.69) is 5.32 Å². The quantitative estimate of drug-likeness (QED) is 0.812. The van der Waals surface area contributed by atoms with Gasteiger partial charge in [0.25, 0.3) is 0 Å². The minimum atomic E-state index is -0.836. The fourth-order valence-corrected chi connectivity index (χ4v) is 1.24. The third-order valence-electron chi connectivity index (χ3n) is 2.05. The van der Waals surface area contributed by atoms with E-state index in [1.807, 2.05) is 14.0 Å². The molecule has 0 saturated carbocycles. The molecule has 0 aliphatic carbocycles. The highest BCUT2D eigenvalue weighted by molar-refractivity contribution is 5.17. The van der Waals surface area contributed by atoms with Crippen LogP contribution in [-0.4, -0.2) is 19.7 Å². The van der Waals surface area contributed by atoms with E-state index in [1.54, 1.807) is 0 Å². The molecule has 1 N–H and O–H groups in total. The van der Waals surface area contributed by atoms with Crippen LogP contribution < -0.4 is 5.32 Å². The van der Waals surface area contributed by atoms with Gasteiger partial charge in [0.2, 0.25) is 0 Å². The number of halogens is 2. The van der Waals surface area contributed by atoms with Gasteiger partial charge in [-0.15, -0.1) is 0 Å². The molecule has 0 heterocycles. The molecule has 0 bridgehead atoms. The van der Waals surface area contributed by atoms with Crippen molar-refractivity contribution in [3.8, 4) is 0 Å². The van der Waals surface area contributed by atoms with Crippen LogP contribution >= 0.6 is 0 Å². The normalized spacial score (nSPS) is 12.8. The highest BCUT2D eigenvalue weighted by Crippen LogP contribution is 2.12. The summed E-state index contributed by atoms with van der Waals surface area (Å²) in [6.07, 6.45) is -0.0299. The van der Waals surface area contributed by atoms with Crippen molar-refractivity contribution in [1.29, 1.82) is 0 Å². The summed E-state index contributed by atoms with van der Waals surface area (Å²) in [4.78, 5) is 0. The molecule has 0 saturated heterocycles. The molecule has 15 heavy (non-hydrogen) atoms. The minimum Gasteiger partial charge on any atom is -0.372 e. The number of likely N-dealkylation sites (N-methyl/N-ethyl adjacent to an activating group) is 1. The maximum absolute atomic E-state index is 13.2. The molecule has 0 spiro atoms. The molecule has 1 rings (SSSR count). The Morgan fingerprint density at radius 3 is 2.80 bits per heavy atom. The first-order valence-corrected chi connectivity index (χ1v) is 4.84. The molecule has 0 radical (unpaired) electrons. The lowest BCUT2D eigenvalue weighted by Crippen LogP contribution is -2.23. The minimum absolute atomic E-state index is 0.0299. The maximum Gasteiger partial charge on any atom is 0.164 e. The molecule has 0 amide bonds. The Kier molecular flexibility index (Phi) is 4.65. The summed E-state index contributed by atoms with van der Waals surface area (Å²) < 4.78 is 31.3. The smallest absolute Gasteiger partial charge is 0.164 e. The first-order valence-electron chi connectivity index (χ1n) is 4.84. The summed E-state index contributed by atoms with van der Waals surface area (Å²) in [5.74, 6) is -1.66. The standard InChI is InChI=1S/C11H15F2NO/c1-8(6-14-2)15-7-9-4-3-5-10(12)11(9)13/h3-5,8,14H,6-7H2,1-2H3. The summed E-state index contributed by atoms with van der Waals surface area (Å²) in [6.45, 7) is 2.64. The fourth-order valence-electron chi connectivity index (χ4n) is 1.24. The molecule has 4 heteroatoms. The monoisotopic (exact) mass is 215 g/mol. The van der Waals surface area contributed by atoms with Crippen molar-refractivity contribution in [2.24, 2.45) is 0 Å². The van der Waals surface area contributed by atoms with Crippen LogP contribution in [0, 0.1) is 11.6 Å². The van der Waals surface area contributed by atoms with E-state index in [0.29, 0.717) is 6.54 Å². The van der Waals surface area contributed by atoms with Gasteiger partial charge in [0.15, 0.2) is 11.6 Å². The van der Waals surface area contributed by atoms with Gasteiger partial charge in [-0.2, -0.15) is 0 Å². The summed E-state index contributed by atoms with van der Waals surface area (Å²) >= 11 is 0. The van der Waals surface area contributed by atoms with Gasteiger partial charge in [-0.3, -0.25) is 0 Å². The molecule has 0 aliphatic heterocycles. The zero-order valence-corrected chi connectivity index (χ0v) is 8.89.